The second-order valence-corrected chi connectivity index (χ2v) is 3.18. The molecule has 0 unspecified atom stereocenters. The smallest absolute Gasteiger partial charge is 0.146 e. The Hall–Kier alpha value is -1.08. The van der Waals surface area contributed by atoms with Crippen molar-refractivity contribution in [2.45, 2.75) is 13.3 Å². The van der Waals surface area contributed by atoms with E-state index in [1.165, 1.54) is 0 Å². The highest BCUT2D eigenvalue weighted by atomic mass is 35.5. The molecule has 0 bridgehead atoms. The molecule has 0 aliphatic carbocycles. The van der Waals surface area contributed by atoms with Crippen LogP contribution in [0.5, 0.6) is 0 Å². The largest absolute Gasteiger partial charge is 0.298 e. The number of rotatable bonds is 3. The lowest BCUT2D eigenvalue weighted by Crippen LogP contribution is -1.81. The molecule has 2 heteroatoms. The fraction of sp³-hybridized carbons (Fsp3) is 0.182. The molecule has 0 N–H and O–H groups in total. The van der Waals surface area contributed by atoms with Gasteiger partial charge in [0.1, 0.15) is 6.29 Å². The molecule has 1 aromatic carbocycles. The number of allylic oxidation sites excluding steroid dienone is 1. The highest BCUT2D eigenvalue weighted by Gasteiger charge is 1.92. The zero-order valence-corrected chi connectivity index (χ0v) is 8.21. The number of hydrogen-bond donors (Lipinski definition) is 0. The van der Waals surface area contributed by atoms with Crippen molar-refractivity contribution >= 4 is 24.0 Å². The van der Waals surface area contributed by atoms with Gasteiger partial charge in [0.05, 0.1) is 0 Å². The third kappa shape index (κ3) is 3.03. The van der Waals surface area contributed by atoms with Crippen molar-refractivity contribution in [3.05, 3.63) is 40.4 Å². The molecule has 68 valence electrons. The average Bonchev–Trinajstić information content (AvgIpc) is 2.17. The van der Waals surface area contributed by atoms with Crippen LogP contribution in [0.4, 0.5) is 0 Å². The first-order valence-electron chi connectivity index (χ1n) is 4.17. The van der Waals surface area contributed by atoms with Gasteiger partial charge in [-0.15, -0.1) is 0 Å². The highest BCUT2D eigenvalue weighted by Crippen LogP contribution is 2.12. The molecular weight excluding hydrogens is 184 g/mol. The van der Waals surface area contributed by atoms with Gasteiger partial charge in [0.2, 0.25) is 0 Å². The standard InChI is InChI=1S/C11H11ClO/c1-2-9(8-13)7-10-3-5-11(12)6-4-10/h3-8H,2H2,1H3/b9-7-. The maximum atomic E-state index is 10.5. The SMILES string of the molecule is CC/C(C=O)=C/c1ccc(Cl)cc1. The lowest BCUT2D eigenvalue weighted by molar-refractivity contribution is -0.104. The van der Waals surface area contributed by atoms with Crippen LogP contribution in [0, 0.1) is 0 Å². The summed E-state index contributed by atoms with van der Waals surface area (Å²) in [5.74, 6) is 0. The summed E-state index contributed by atoms with van der Waals surface area (Å²) in [5, 5.41) is 0.710. The Morgan fingerprint density at radius 1 is 1.38 bits per heavy atom. The van der Waals surface area contributed by atoms with Crippen LogP contribution in [0.2, 0.25) is 5.02 Å². The lowest BCUT2D eigenvalue weighted by Gasteiger charge is -1.96. The van der Waals surface area contributed by atoms with Gasteiger partial charge >= 0.3 is 0 Å². The molecule has 0 aliphatic heterocycles. The second kappa shape index (κ2) is 4.83. The van der Waals surface area contributed by atoms with Crippen LogP contribution < -0.4 is 0 Å². The number of hydrogen-bond acceptors (Lipinski definition) is 1. The van der Waals surface area contributed by atoms with Crippen LogP contribution in [-0.4, -0.2) is 6.29 Å². The van der Waals surface area contributed by atoms with Crippen molar-refractivity contribution in [3.63, 3.8) is 0 Å². The van der Waals surface area contributed by atoms with E-state index in [1.54, 1.807) is 0 Å². The minimum atomic E-state index is 0.710. The summed E-state index contributed by atoms with van der Waals surface area (Å²) in [7, 11) is 0. The molecule has 0 fully saturated rings. The number of halogens is 1. The Morgan fingerprint density at radius 2 is 2.00 bits per heavy atom. The maximum Gasteiger partial charge on any atom is 0.146 e. The number of carbonyl (C=O) groups is 1. The molecule has 0 saturated heterocycles. The molecule has 0 aromatic heterocycles. The second-order valence-electron chi connectivity index (χ2n) is 2.74. The van der Waals surface area contributed by atoms with E-state index in [9.17, 15) is 4.79 Å². The third-order valence-corrected chi connectivity index (χ3v) is 2.03. The van der Waals surface area contributed by atoms with Gasteiger partial charge < -0.3 is 0 Å². The summed E-state index contributed by atoms with van der Waals surface area (Å²) in [6.07, 6.45) is 3.50. The van der Waals surface area contributed by atoms with E-state index in [2.05, 4.69) is 0 Å². The Kier molecular flexibility index (Phi) is 3.71. The zero-order chi connectivity index (χ0) is 9.68. The van der Waals surface area contributed by atoms with Crippen LogP contribution in [0.1, 0.15) is 18.9 Å². The monoisotopic (exact) mass is 194 g/mol. The summed E-state index contributed by atoms with van der Waals surface area (Å²) in [5.41, 5.74) is 1.80. The summed E-state index contributed by atoms with van der Waals surface area (Å²) < 4.78 is 0. The Morgan fingerprint density at radius 3 is 2.46 bits per heavy atom. The van der Waals surface area contributed by atoms with E-state index in [-0.39, 0.29) is 0 Å². The summed E-state index contributed by atoms with van der Waals surface area (Å²) in [4.78, 5) is 10.5. The molecule has 0 atom stereocenters. The van der Waals surface area contributed by atoms with E-state index in [0.717, 1.165) is 23.8 Å². The third-order valence-electron chi connectivity index (χ3n) is 1.78. The van der Waals surface area contributed by atoms with Crippen molar-refractivity contribution in [3.8, 4) is 0 Å². The Bertz CT molecular complexity index is 311. The van der Waals surface area contributed by atoms with Crippen LogP contribution >= 0.6 is 11.6 Å². The summed E-state index contributed by atoms with van der Waals surface area (Å²) >= 11 is 5.73. The molecule has 1 rings (SSSR count). The summed E-state index contributed by atoms with van der Waals surface area (Å²) in [6.45, 7) is 1.95. The van der Waals surface area contributed by atoms with Gasteiger partial charge in [-0.1, -0.05) is 30.7 Å². The molecule has 1 nitrogen and oxygen atoms in total. The van der Waals surface area contributed by atoms with E-state index >= 15 is 0 Å². The quantitative estimate of drug-likeness (QED) is 0.533. The molecule has 0 aliphatic rings. The van der Waals surface area contributed by atoms with Gasteiger partial charge in [-0.25, -0.2) is 0 Å². The lowest BCUT2D eigenvalue weighted by atomic mass is 10.1. The van der Waals surface area contributed by atoms with Crippen molar-refractivity contribution < 1.29 is 4.79 Å². The van der Waals surface area contributed by atoms with Crippen LogP contribution in [0.15, 0.2) is 29.8 Å². The van der Waals surface area contributed by atoms with Crippen molar-refractivity contribution in [1.29, 1.82) is 0 Å². The van der Waals surface area contributed by atoms with E-state index in [4.69, 9.17) is 11.6 Å². The molecular formula is C11H11ClO. The van der Waals surface area contributed by atoms with E-state index in [1.807, 2.05) is 37.3 Å². The van der Waals surface area contributed by atoms with Crippen molar-refractivity contribution in [2.24, 2.45) is 0 Å². The molecule has 1 aromatic rings. The molecule has 0 spiro atoms. The van der Waals surface area contributed by atoms with Gasteiger partial charge in [0.25, 0.3) is 0 Å². The van der Waals surface area contributed by atoms with Crippen LogP contribution in [0.3, 0.4) is 0 Å². The first kappa shape index (κ1) is 10.0. The maximum absolute atomic E-state index is 10.5. The predicted octanol–water partition coefficient (Wildman–Crippen LogP) is 3.33. The number of carbonyl (C=O) groups excluding carboxylic acids is 1. The van der Waals surface area contributed by atoms with Gasteiger partial charge in [-0.05, 0) is 35.8 Å². The highest BCUT2D eigenvalue weighted by molar-refractivity contribution is 6.30. The fourth-order valence-electron chi connectivity index (χ4n) is 0.992. The fourth-order valence-corrected chi connectivity index (χ4v) is 1.12. The molecule has 0 heterocycles. The Labute approximate surface area is 83.0 Å². The molecule has 0 saturated carbocycles. The van der Waals surface area contributed by atoms with Gasteiger partial charge in [-0.3, -0.25) is 4.79 Å². The normalized spacial score (nSPS) is 11.4. The van der Waals surface area contributed by atoms with E-state index < -0.39 is 0 Å². The topological polar surface area (TPSA) is 17.1 Å². The molecule has 0 amide bonds. The number of aldehydes is 1. The van der Waals surface area contributed by atoms with Crippen LogP contribution in [0.25, 0.3) is 6.08 Å². The number of benzene rings is 1. The first-order valence-corrected chi connectivity index (χ1v) is 4.55. The molecule has 13 heavy (non-hydrogen) atoms. The zero-order valence-electron chi connectivity index (χ0n) is 7.46. The molecule has 0 radical (unpaired) electrons. The average molecular weight is 195 g/mol. The minimum Gasteiger partial charge on any atom is -0.298 e. The first-order chi connectivity index (χ1) is 6.26. The predicted molar refractivity (Wildman–Crippen MR) is 55.8 cm³/mol. The van der Waals surface area contributed by atoms with Crippen molar-refractivity contribution in [2.75, 3.05) is 0 Å². The van der Waals surface area contributed by atoms with Gasteiger partial charge in [0, 0.05) is 5.02 Å². The van der Waals surface area contributed by atoms with Gasteiger partial charge in [-0.2, -0.15) is 0 Å². The summed E-state index contributed by atoms with van der Waals surface area (Å²) in [6, 6.07) is 7.40. The van der Waals surface area contributed by atoms with E-state index in [0.29, 0.717) is 5.02 Å². The Balaban J connectivity index is 2.90. The van der Waals surface area contributed by atoms with Crippen molar-refractivity contribution in [1.82, 2.24) is 0 Å². The van der Waals surface area contributed by atoms with Gasteiger partial charge in [0.15, 0.2) is 0 Å². The minimum absolute atomic E-state index is 0.710. The van der Waals surface area contributed by atoms with Crippen LogP contribution in [-0.2, 0) is 4.79 Å².